The van der Waals surface area contributed by atoms with E-state index in [4.69, 9.17) is 4.74 Å². The van der Waals surface area contributed by atoms with Crippen LogP contribution in [0, 0.1) is 18.8 Å². The molecule has 33 heavy (non-hydrogen) atoms. The summed E-state index contributed by atoms with van der Waals surface area (Å²) in [7, 11) is 0. The van der Waals surface area contributed by atoms with Crippen molar-refractivity contribution in [2.75, 3.05) is 26.2 Å². The van der Waals surface area contributed by atoms with Crippen LogP contribution < -0.4 is 4.74 Å². The van der Waals surface area contributed by atoms with Gasteiger partial charge in [-0.2, -0.15) is 0 Å². The Bertz CT molecular complexity index is 884. The number of aromatic nitrogens is 2. The second kappa shape index (κ2) is 11.8. The molecule has 2 aliphatic rings. The normalized spacial score (nSPS) is 21.7. The monoisotopic (exact) mass is 497 g/mol. The fraction of sp³-hybridized carbons (Fsp3) is 0.708. The van der Waals surface area contributed by atoms with Gasteiger partial charge in [-0.05, 0) is 51.0 Å². The highest BCUT2D eigenvalue weighted by molar-refractivity contribution is 7.13. The zero-order valence-electron chi connectivity index (χ0n) is 19.2. The Morgan fingerprint density at radius 2 is 1.94 bits per heavy atom. The highest BCUT2D eigenvalue weighted by Crippen LogP contribution is 2.34. The van der Waals surface area contributed by atoms with E-state index in [1.165, 1.54) is 48.3 Å². The van der Waals surface area contributed by atoms with Crippen LogP contribution in [0.1, 0.15) is 59.0 Å². The number of ether oxygens (including phenoxy) is 1. The van der Waals surface area contributed by atoms with Gasteiger partial charge >= 0.3 is 0 Å². The first kappa shape index (κ1) is 24.7. The van der Waals surface area contributed by atoms with Crippen molar-refractivity contribution in [3.63, 3.8) is 0 Å². The molecule has 9 heteroatoms. The van der Waals surface area contributed by atoms with Crippen LogP contribution in [0.15, 0.2) is 6.20 Å². The molecule has 1 saturated carbocycles. The van der Waals surface area contributed by atoms with E-state index in [0.717, 1.165) is 54.0 Å². The van der Waals surface area contributed by atoms with Crippen LogP contribution >= 0.6 is 22.7 Å². The molecule has 0 spiro atoms. The van der Waals surface area contributed by atoms with Crippen LogP contribution in [0.2, 0.25) is 0 Å². The standard InChI is InChI=1S/C24H33F2N3O2S2/c1-16-27-14-20(32-16)13-19(30)12-18-4-2-17(3-5-18)6-9-29-10-7-21-22(8-11-29)33-24(28-21)31-15-23(25)26/h14,17-18,23H,2-13,15H2,1H3. The van der Waals surface area contributed by atoms with Gasteiger partial charge < -0.3 is 9.64 Å². The summed E-state index contributed by atoms with van der Waals surface area (Å²) in [5.74, 6) is 1.66. The number of hydrogen-bond acceptors (Lipinski definition) is 7. The summed E-state index contributed by atoms with van der Waals surface area (Å²) in [5.41, 5.74) is 1.02. The third kappa shape index (κ3) is 7.52. The molecule has 2 aromatic rings. The van der Waals surface area contributed by atoms with E-state index in [-0.39, 0.29) is 0 Å². The lowest BCUT2D eigenvalue weighted by atomic mass is 9.78. The molecule has 5 nitrogen and oxygen atoms in total. The quantitative estimate of drug-likeness (QED) is 0.443. The lowest BCUT2D eigenvalue weighted by Gasteiger charge is -2.30. The molecule has 3 heterocycles. The summed E-state index contributed by atoms with van der Waals surface area (Å²) in [6.45, 7) is 4.45. The van der Waals surface area contributed by atoms with Crippen molar-refractivity contribution in [2.24, 2.45) is 11.8 Å². The van der Waals surface area contributed by atoms with Gasteiger partial charge in [-0.3, -0.25) is 4.79 Å². The summed E-state index contributed by atoms with van der Waals surface area (Å²) in [6, 6.07) is 0. The van der Waals surface area contributed by atoms with E-state index in [2.05, 4.69) is 14.9 Å². The number of rotatable bonds is 10. The maximum Gasteiger partial charge on any atom is 0.273 e. The molecular weight excluding hydrogens is 464 g/mol. The lowest BCUT2D eigenvalue weighted by Crippen LogP contribution is -2.30. The molecule has 1 aliphatic carbocycles. The Morgan fingerprint density at radius 1 is 1.18 bits per heavy atom. The fourth-order valence-corrected chi connectivity index (χ4v) is 6.75. The second-order valence-corrected chi connectivity index (χ2v) is 11.7. The first-order valence-corrected chi connectivity index (χ1v) is 13.6. The molecule has 0 bridgehead atoms. The largest absolute Gasteiger partial charge is 0.464 e. The number of aryl methyl sites for hydroxylation is 1. The molecule has 1 aliphatic heterocycles. The van der Waals surface area contributed by atoms with Gasteiger partial charge in [0.2, 0.25) is 0 Å². The van der Waals surface area contributed by atoms with Crippen molar-refractivity contribution in [2.45, 2.75) is 71.1 Å². The average Bonchev–Trinajstić information content (AvgIpc) is 3.32. The van der Waals surface area contributed by atoms with E-state index in [1.807, 2.05) is 13.1 Å². The zero-order valence-corrected chi connectivity index (χ0v) is 20.9. The molecule has 0 saturated heterocycles. The summed E-state index contributed by atoms with van der Waals surface area (Å²) < 4.78 is 29.8. The maximum absolute atomic E-state index is 12.4. The van der Waals surface area contributed by atoms with Crippen molar-refractivity contribution in [1.82, 2.24) is 14.9 Å². The Morgan fingerprint density at radius 3 is 2.67 bits per heavy atom. The molecule has 0 N–H and O–H groups in total. The highest BCUT2D eigenvalue weighted by Gasteiger charge is 2.25. The SMILES string of the molecule is Cc1ncc(CC(=O)CC2CCC(CCN3CCc4nc(OCC(F)F)sc4CC3)CC2)s1. The van der Waals surface area contributed by atoms with Gasteiger partial charge in [0, 0.05) is 48.3 Å². The number of carbonyl (C=O) groups is 1. The first-order chi connectivity index (χ1) is 15.9. The van der Waals surface area contributed by atoms with Gasteiger partial charge in [0.1, 0.15) is 5.78 Å². The van der Waals surface area contributed by atoms with Crippen LogP contribution in [0.4, 0.5) is 8.78 Å². The van der Waals surface area contributed by atoms with E-state index >= 15 is 0 Å². The van der Waals surface area contributed by atoms with Crippen LogP contribution in [-0.2, 0) is 24.1 Å². The van der Waals surface area contributed by atoms with Gasteiger partial charge in [0.25, 0.3) is 11.6 Å². The number of thiazole rings is 2. The van der Waals surface area contributed by atoms with Gasteiger partial charge in [0.15, 0.2) is 6.61 Å². The van der Waals surface area contributed by atoms with Gasteiger partial charge in [-0.1, -0.05) is 24.2 Å². The maximum atomic E-state index is 12.4. The van der Waals surface area contributed by atoms with E-state index < -0.39 is 13.0 Å². The summed E-state index contributed by atoms with van der Waals surface area (Å²) >= 11 is 3.05. The van der Waals surface area contributed by atoms with Gasteiger partial charge in [-0.15, -0.1) is 11.3 Å². The number of Topliss-reactive ketones (excluding diaryl/α,β-unsaturated/α-hetero) is 1. The molecule has 0 radical (unpaired) electrons. The van der Waals surface area contributed by atoms with Crippen LogP contribution in [0.3, 0.4) is 0 Å². The Hall–Kier alpha value is -1.45. The fourth-order valence-electron chi connectivity index (χ4n) is 4.97. The first-order valence-electron chi connectivity index (χ1n) is 12.0. The molecule has 0 unspecified atom stereocenters. The van der Waals surface area contributed by atoms with E-state index in [1.54, 1.807) is 11.3 Å². The highest BCUT2D eigenvalue weighted by atomic mass is 32.1. The van der Waals surface area contributed by atoms with Crippen molar-refractivity contribution in [3.05, 3.63) is 26.7 Å². The van der Waals surface area contributed by atoms with E-state index in [9.17, 15) is 13.6 Å². The number of halogens is 2. The van der Waals surface area contributed by atoms with Crippen LogP contribution in [0.5, 0.6) is 5.19 Å². The molecule has 0 atom stereocenters. The second-order valence-electron chi connectivity index (χ2n) is 9.33. The predicted octanol–water partition coefficient (Wildman–Crippen LogP) is 5.35. The molecular formula is C24H33F2N3O2S2. The third-order valence-electron chi connectivity index (χ3n) is 6.79. The van der Waals surface area contributed by atoms with Crippen LogP contribution in [0.25, 0.3) is 0 Å². The Labute approximate surface area is 202 Å². The molecule has 1 fully saturated rings. The third-order valence-corrected chi connectivity index (χ3v) is 8.77. The molecule has 182 valence electrons. The minimum Gasteiger partial charge on any atom is -0.464 e. The minimum absolute atomic E-state index is 0.357. The summed E-state index contributed by atoms with van der Waals surface area (Å²) in [4.78, 5) is 25.9. The minimum atomic E-state index is -2.46. The molecule has 4 rings (SSSR count). The number of nitrogens with zero attached hydrogens (tertiary/aromatic N) is 3. The smallest absolute Gasteiger partial charge is 0.273 e. The van der Waals surface area contributed by atoms with E-state index in [0.29, 0.717) is 29.7 Å². The summed E-state index contributed by atoms with van der Waals surface area (Å²) in [5, 5.41) is 1.41. The van der Waals surface area contributed by atoms with Crippen molar-refractivity contribution < 1.29 is 18.3 Å². The average molecular weight is 498 g/mol. The van der Waals surface area contributed by atoms with Crippen molar-refractivity contribution in [1.29, 1.82) is 0 Å². The van der Waals surface area contributed by atoms with Crippen LogP contribution in [-0.4, -0.2) is 53.3 Å². The zero-order chi connectivity index (χ0) is 23.2. The number of alkyl halides is 2. The van der Waals surface area contributed by atoms with Crippen molar-refractivity contribution in [3.8, 4) is 5.19 Å². The Balaban J connectivity index is 1.13. The van der Waals surface area contributed by atoms with Gasteiger partial charge in [-0.25, -0.2) is 18.7 Å². The van der Waals surface area contributed by atoms with Gasteiger partial charge in [0.05, 0.1) is 10.7 Å². The number of hydrogen-bond donors (Lipinski definition) is 0. The lowest BCUT2D eigenvalue weighted by molar-refractivity contribution is -0.119. The van der Waals surface area contributed by atoms with Crippen molar-refractivity contribution >= 4 is 28.5 Å². The molecule has 0 aromatic carbocycles. The molecule has 0 amide bonds. The number of fused-ring (bicyclic) bond motifs is 1. The number of ketones is 1. The predicted molar refractivity (Wildman–Crippen MR) is 128 cm³/mol. The topological polar surface area (TPSA) is 55.3 Å². The Kier molecular flexibility index (Phi) is 8.82. The molecule has 2 aromatic heterocycles. The number of carbonyl (C=O) groups excluding carboxylic acids is 1. The summed E-state index contributed by atoms with van der Waals surface area (Å²) in [6.07, 6.45) is 8.41.